The largest absolute Gasteiger partial charge is 0.339 e. The lowest BCUT2D eigenvalue weighted by atomic mass is 9.94. The molecule has 0 aliphatic heterocycles. The van der Waals surface area contributed by atoms with Crippen LogP contribution in [0.3, 0.4) is 0 Å². The Kier molecular flexibility index (Phi) is 5.47. The molecule has 1 aliphatic carbocycles. The van der Waals surface area contributed by atoms with Crippen molar-refractivity contribution in [3.63, 3.8) is 0 Å². The number of hydrogen-bond acceptors (Lipinski definition) is 2. The monoisotopic (exact) mass is 375 g/mol. The van der Waals surface area contributed by atoms with E-state index in [2.05, 4.69) is 41.8 Å². The Bertz CT molecular complexity index is 952. The summed E-state index contributed by atoms with van der Waals surface area (Å²) in [6.07, 6.45) is 6.94. The molecule has 0 radical (unpaired) electrons. The first-order valence-electron chi connectivity index (χ1n) is 10.5. The molecule has 3 aromatic rings. The molecule has 0 N–H and O–H groups in total. The molecule has 4 nitrogen and oxygen atoms in total. The van der Waals surface area contributed by atoms with Crippen LogP contribution in [-0.2, 0) is 13.0 Å². The van der Waals surface area contributed by atoms with Crippen molar-refractivity contribution in [3.05, 3.63) is 65.5 Å². The van der Waals surface area contributed by atoms with Crippen molar-refractivity contribution >= 4 is 16.9 Å². The van der Waals surface area contributed by atoms with E-state index in [1.165, 1.54) is 24.8 Å². The summed E-state index contributed by atoms with van der Waals surface area (Å²) in [6, 6.07) is 16.8. The van der Waals surface area contributed by atoms with Crippen LogP contribution >= 0.6 is 0 Å². The highest BCUT2D eigenvalue weighted by molar-refractivity contribution is 5.94. The predicted octanol–water partition coefficient (Wildman–Crippen LogP) is 5.05. The number of para-hydroxylation sites is 2. The van der Waals surface area contributed by atoms with Crippen molar-refractivity contribution < 1.29 is 4.79 Å². The molecule has 0 saturated heterocycles. The zero-order chi connectivity index (χ0) is 19.5. The molecule has 1 aromatic heterocycles. The summed E-state index contributed by atoms with van der Waals surface area (Å²) in [7, 11) is 1.96. The third kappa shape index (κ3) is 3.68. The Labute approximate surface area is 167 Å². The fraction of sp³-hybridized carbons (Fsp3) is 0.417. The number of nitrogens with zero attached hydrogens (tertiary/aromatic N) is 3. The fourth-order valence-electron chi connectivity index (χ4n) is 4.34. The highest BCUT2D eigenvalue weighted by atomic mass is 16.2. The van der Waals surface area contributed by atoms with E-state index in [0.29, 0.717) is 6.04 Å². The number of benzene rings is 2. The van der Waals surface area contributed by atoms with Crippen LogP contribution in [-0.4, -0.2) is 33.4 Å². The summed E-state index contributed by atoms with van der Waals surface area (Å²) in [5.41, 5.74) is 4.18. The highest BCUT2D eigenvalue weighted by Gasteiger charge is 2.22. The van der Waals surface area contributed by atoms with E-state index in [9.17, 15) is 4.79 Å². The van der Waals surface area contributed by atoms with Gasteiger partial charge in [-0.2, -0.15) is 0 Å². The van der Waals surface area contributed by atoms with E-state index < -0.39 is 0 Å². The van der Waals surface area contributed by atoms with Crippen LogP contribution in [0.1, 0.15) is 60.8 Å². The number of aryl methyl sites for hydroxylation is 1. The maximum atomic E-state index is 12.9. The summed E-state index contributed by atoms with van der Waals surface area (Å²) in [5, 5.41) is 0. The number of rotatable bonds is 5. The topological polar surface area (TPSA) is 38.1 Å². The zero-order valence-electron chi connectivity index (χ0n) is 16.9. The average Bonchev–Trinajstić information content (AvgIpc) is 3.11. The molecule has 1 aliphatic rings. The molecule has 4 rings (SSSR count). The number of hydrogen-bond donors (Lipinski definition) is 0. The fourth-order valence-corrected chi connectivity index (χ4v) is 4.34. The van der Waals surface area contributed by atoms with Gasteiger partial charge in [0.25, 0.3) is 5.91 Å². The SMILES string of the molecule is CCc1nc2ccccc2n1Cc1ccc(C(=O)N(C)C2CCCCC2)cc1. The van der Waals surface area contributed by atoms with Crippen LogP contribution in [0.15, 0.2) is 48.5 Å². The molecule has 0 spiro atoms. The Morgan fingerprint density at radius 1 is 1.07 bits per heavy atom. The van der Waals surface area contributed by atoms with Gasteiger partial charge in [0.2, 0.25) is 0 Å². The van der Waals surface area contributed by atoms with Gasteiger partial charge in [0, 0.05) is 31.6 Å². The number of carbonyl (C=O) groups is 1. The normalized spacial score (nSPS) is 15.1. The van der Waals surface area contributed by atoms with Crippen LogP contribution in [0.25, 0.3) is 11.0 Å². The van der Waals surface area contributed by atoms with E-state index in [4.69, 9.17) is 4.98 Å². The Hall–Kier alpha value is -2.62. The summed E-state index contributed by atoms with van der Waals surface area (Å²) in [5.74, 6) is 1.24. The molecule has 0 unspecified atom stereocenters. The van der Waals surface area contributed by atoms with Crippen LogP contribution in [0.5, 0.6) is 0 Å². The average molecular weight is 376 g/mol. The number of aromatic nitrogens is 2. The number of amides is 1. The van der Waals surface area contributed by atoms with E-state index in [0.717, 1.165) is 48.2 Å². The van der Waals surface area contributed by atoms with Crippen LogP contribution in [0.4, 0.5) is 0 Å². The van der Waals surface area contributed by atoms with Gasteiger partial charge in [0.05, 0.1) is 11.0 Å². The van der Waals surface area contributed by atoms with Gasteiger partial charge in [-0.1, -0.05) is 50.5 Å². The Morgan fingerprint density at radius 3 is 2.50 bits per heavy atom. The van der Waals surface area contributed by atoms with Gasteiger partial charge < -0.3 is 9.47 Å². The minimum Gasteiger partial charge on any atom is -0.339 e. The van der Waals surface area contributed by atoms with Crippen LogP contribution in [0, 0.1) is 0 Å². The molecule has 4 heteroatoms. The minimum atomic E-state index is 0.140. The molecule has 0 atom stereocenters. The highest BCUT2D eigenvalue weighted by Crippen LogP contribution is 2.23. The number of carbonyl (C=O) groups excluding carboxylic acids is 1. The van der Waals surface area contributed by atoms with Gasteiger partial charge in [-0.3, -0.25) is 4.79 Å². The summed E-state index contributed by atoms with van der Waals surface area (Å²) >= 11 is 0. The van der Waals surface area contributed by atoms with Crippen LogP contribution in [0.2, 0.25) is 0 Å². The maximum Gasteiger partial charge on any atom is 0.253 e. The first-order chi connectivity index (χ1) is 13.7. The Morgan fingerprint density at radius 2 is 1.79 bits per heavy atom. The van der Waals surface area contributed by atoms with Crippen LogP contribution < -0.4 is 0 Å². The molecule has 1 heterocycles. The minimum absolute atomic E-state index is 0.140. The standard InChI is InChI=1S/C24H29N3O/c1-3-23-25-21-11-7-8-12-22(21)27(23)17-18-13-15-19(16-14-18)24(28)26(2)20-9-5-4-6-10-20/h7-8,11-16,20H,3-6,9-10,17H2,1-2H3. The molecule has 1 amide bonds. The molecule has 146 valence electrons. The van der Waals surface area contributed by atoms with Gasteiger partial charge in [0.15, 0.2) is 0 Å². The molecule has 1 saturated carbocycles. The van der Waals surface area contributed by atoms with Crippen molar-refractivity contribution in [2.45, 2.75) is 58.0 Å². The van der Waals surface area contributed by atoms with Crippen molar-refractivity contribution in [1.82, 2.24) is 14.5 Å². The van der Waals surface area contributed by atoms with Crippen molar-refractivity contribution in [2.75, 3.05) is 7.05 Å². The molecule has 2 aromatic carbocycles. The number of fused-ring (bicyclic) bond motifs is 1. The third-order valence-corrected chi connectivity index (χ3v) is 6.03. The van der Waals surface area contributed by atoms with Crippen molar-refractivity contribution in [2.24, 2.45) is 0 Å². The van der Waals surface area contributed by atoms with E-state index >= 15 is 0 Å². The van der Waals surface area contributed by atoms with Gasteiger partial charge in [-0.25, -0.2) is 4.98 Å². The Balaban J connectivity index is 1.52. The lowest BCUT2D eigenvalue weighted by molar-refractivity contribution is 0.0696. The summed E-state index contributed by atoms with van der Waals surface area (Å²) in [6.45, 7) is 2.91. The zero-order valence-corrected chi connectivity index (χ0v) is 16.9. The quantitative estimate of drug-likeness (QED) is 0.626. The molecular formula is C24H29N3O. The summed E-state index contributed by atoms with van der Waals surface area (Å²) in [4.78, 5) is 19.6. The second-order valence-corrected chi connectivity index (χ2v) is 7.86. The smallest absolute Gasteiger partial charge is 0.253 e. The molecule has 28 heavy (non-hydrogen) atoms. The lowest BCUT2D eigenvalue weighted by Crippen LogP contribution is -2.38. The van der Waals surface area contributed by atoms with E-state index in [1.54, 1.807) is 0 Å². The van der Waals surface area contributed by atoms with Gasteiger partial charge in [-0.15, -0.1) is 0 Å². The van der Waals surface area contributed by atoms with Gasteiger partial charge in [-0.05, 0) is 42.7 Å². The second kappa shape index (κ2) is 8.17. The van der Waals surface area contributed by atoms with Crippen molar-refractivity contribution in [3.8, 4) is 0 Å². The second-order valence-electron chi connectivity index (χ2n) is 7.86. The lowest BCUT2D eigenvalue weighted by Gasteiger charge is -2.31. The van der Waals surface area contributed by atoms with Gasteiger partial charge in [0.1, 0.15) is 5.82 Å². The third-order valence-electron chi connectivity index (χ3n) is 6.03. The molecule has 1 fully saturated rings. The number of imidazole rings is 1. The van der Waals surface area contributed by atoms with Gasteiger partial charge >= 0.3 is 0 Å². The van der Waals surface area contributed by atoms with Crippen molar-refractivity contribution in [1.29, 1.82) is 0 Å². The molecule has 0 bridgehead atoms. The van der Waals surface area contributed by atoms with E-state index in [-0.39, 0.29) is 5.91 Å². The first-order valence-corrected chi connectivity index (χ1v) is 10.5. The van der Waals surface area contributed by atoms with E-state index in [1.807, 2.05) is 30.1 Å². The molecular weight excluding hydrogens is 346 g/mol. The maximum absolute atomic E-state index is 12.9. The predicted molar refractivity (Wildman–Crippen MR) is 114 cm³/mol. The first kappa shape index (κ1) is 18.7. The summed E-state index contributed by atoms with van der Waals surface area (Å²) < 4.78 is 2.28.